The zero-order chi connectivity index (χ0) is 15.3. The number of anilines is 1. The lowest BCUT2D eigenvalue weighted by Gasteiger charge is -2.23. The van der Waals surface area contributed by atoms with Crippen molar-refractivity contribution >= 4 is 17.5 Å². The quantitative estimate of drug-likeness (QED) is 0.558. The summed E-state index contributed by atoms with van der Waals surface area (Å²) in [6, 6.07) is 0. The van der Waals surface area contributed by atoms with Crippen LogP contribution in [0.2, 0.25) is 0 Å². The number of nitro groups is 1. The van der Waals surface area contributed by atoms with Crippen LogP contribution in [0.25, 0.3) is 0 Å². The Morgan fingerprint density at radius 2 is 2.20 bits per heavy atom. The first kappa shape index (κ1) is 15.9. The van der Waals surface area contributed by atoms with Gasteiger partial charge in [0.1, 0.15) is 6.20 Å². The second kappa shape index (κ2) is 6.36. The van der Waals surface area contributed by atoms with Crippen molar-refractivity contribution in [3.05, 3.63) is 16.3 Å². The predicted octanol–water partition coefficient (Wildman–Crippen LogP) is 2.02. The zero-order valence-corrected chi connectivity index (χ0v) is 11.9. The summed E-state index contributed by atoms with van der Waals surface area (Å²) >= 11 is 0. The van der Waals surface area contributed by atoms with Crippen LogP contribution in [-0.4, -0.2) is 32.3 Å². The normalized spacial score (nSPS) is 11.3. The van der Waals surface area contributed by atoms with Crippen molar-refractivity contribution in [1.82, 2.24) is 9.78 Å². The van der Waals surface area contributed by atoms with Gasteiger partial charge in [0, 0.05) is 20.0 Å². The maximum atomic E-state index is 10.8. The number of nitrogens with one attached hydrogen (secondary N) is 1. The van der Waals surface area contributed by atoms with Gasteiger partial charge in [-0.25, -0.2) is 0 Å². The molecule has 8 nitrogen and oxygen atoms in total. The highest BCUT2D eigenvalue weighted by Crippen LogP contribution is 2.27. The number of nitrogens with zero attached hydrogens (tertiary/aromatic N) is 3. The lowest BCUT2D eigenvalue weighted by molar-refractivity contribution is -0.384. The summed E-state index contributed by atoms with van der Waals surface area (Å²) in [5.74, 6) is -0.571. The molecule has 8 heteroatoms. The van der Waals surface area contributed by atoms with Gasteiger partial charge in [-0.3, -0.25) is 19.6 Å². The third-order valence-electron chi connectivity index (χ3n) is 3.12. The molecule has 0 fully saturated rings. The number of rotatable bonds is 8. The van der Waals surface area contributed by atoms with Gasteiger partial charge in [-0.2, -0.15) is 0 Å². The fraction of sp³-hybridized carbons (Fsp3) is 0.667. The molecule has 0 unspecified atom stereocenters. The van der Waals surface area contributed by atoms with Crippen molar-refractivity contribution < 1.29 is 14.8 Å². The van der Waals surface area contributed by atoms with Gasteiger partial charge in [-0.1, -0.05) is 13.8 Å². The van der Waals surface area contributed by atoms with Gasteiger partial charge >= 0.3 is 11.7 Å². The van der Waals surface area contributed by atoms with Crippen molar-refractivity contribution in [2.75, 3.05) is 11.9 Å². The van der Waals surface area contributed by atoms with E-state index < -0.39 is 10.9 Å². The summed E-state index contributed by atoms with van der Waals surface area (Å²) in [6.07, 6.45) is 2.73. The number of carboxylic acid groups (broad SMARTS) is 1. The highest BCUT2D eigenvalue weighted by atomic mass is 16.6. The summed E-state index contributed by atoms with van der Waals surface area (Å²) < 4.78 is 1.38. The van der Waals surface area contributed by atoms with E-state index in [-0.39, 0.29) is 23.3 Å². The fourth-order valence-electron chi connectivity index (χ4n) is 1.83. The fourth-order valence-corrected chi connectivity index (χ4v) is 1.83. The lowest BCUT2D eigenvalue weighted by Crippen LogP contribution is -2.18. The Morgan fingerprint density at radius 1 is 1.55 bits per heavy atom. The molecule has 0 saturated heterocycles. The molecule has 0 aliphatic carbocycles. The average molecular weight is 284 g/mol. The van der Waals surface area contributed by atoms with Gasteiger partial charge in [-0.05, 0) is 18.3 Å². The van der Waals surface area contributed by atoms with E-state index in [9.17, 15) is 14.9 Å². The van der Waals surface area contributed by atoms with Gasteiger partial charge in [0.15, 0.2) is 0 Å². The third kappa shape index (κ3) is 4.87. The molecule has 112 valence electrons. The monoisotopic (exact) mass is 284 g/mol. The minimum Gasteiger partial charge on any atom is -0.481 e. The molecule has 0 bridgehead atoms. The molecule has 0 atom stereocenters. The molecule has 1 aromatic heterocycles. The van der Waals surface area contributed by atoms with Gasteiger partial charge in [0.25, 0.3) is 0 Å². The van der Waals surface area contributed by atoms with Crippen molar-refractivity contribution in [1.29, 1.82) is 0 Å². The van der Waals surface area contributed by atoms with Crippen LogP contribution in [0.4, 0.5) is 11.5 Å². The molecule has 2 N–H and O–H groups in total. The summed E-state index contributed by atoms with van der Waals surface area (Å²) in [5.41, 5.74) is -0.203. The molecule has 0 spiro atoms. The van der Waals surface area contributed by atoms with Crippen LogP contribution >= 0.6 is 0 Å². The molecule has 0 aliphatic heterocycles. The first-order valence-corrected chi connectivity index (χ1v) is 6.35. The molecular formula is C12H20N4O4. The highest BCUT2D eigenvalue weighted by Gasteiger charge is 2.21. The Hall–Kier alpha value is -2.12. The molecule has 20 heavy (non-hydrogen) atoms. The number of carboxylic acids is 1. The van der Waals surface area contributed by atoms with Crippen LogP contribution in [0, 0.1) is 15.5 Å². The maximum Gasteiger partial charge on any atom is 0.330 e. The number of hydrogen-bond donors (Lipinski definition) is 2. The summed E-state index contributed by atoms with van der Waals surface area (Å²) in [4.78, 5) is 20.9. The van der Waals surface area contributed by atoms with Crippen LogP contribution in [0.1, 0.15) is 33.1 Å². The number of hydrogen-bond acceptors (Lipinski definition) is 5. The molecule has 1 aromatic rings. The van der Waals surface area contributed by atoms with Crippen LogP contribution < -0.4 is 5.32 Å². The number of carbonyl (C=O) groups is 1. The van der Waals surface area contributed by atoms with E-state index >= 15 is 0 Å². The average Bonchev–Trinajstić information content (AvgIpc) is 2.68. The Labute approximate surface area is 116 Å². The van der Waals surface area contributed by atoms with E-state index in [1.807, 2.05) is 13.8 Å². The van der Waals surface area contributed by atoms with E-state index in [0.29, 0.717) is 19.4 Å². The Bertz CT molecular complexity index is 496. The molecule has 1 heterocycles. The van der Waals surface area contributed by atoms with Crippen molar-refractivity contribution in [2.24, 2.45) is 12.5 Å². The summed E-state index contributed by atoms with van der Waals surface area (Å²) in [6.45, 7) is 4.46. The zero-order valence-electron chi connectivity index (χ0n) is 11.9. The minimum absolute atomic E-state index is 0.0594. The number of aryl methyl sites for hydroxylation is 1. The van der Waals surface area contributed by atoms with Crippen LogP contribution in [-0.2, 0) is 11.8 Å². The van der Waals surface area contributed by atoms with E-state index in [4.69, 9.17) is 5.11 Å². The van der Waals surface area contributed by atoms with E-state index in [2.05, 4.69) is 10.4 Å². The molecule has 0 amide bonds. The van der Waals surface area contributed by atoms with Crippen LogP contribution in [0.5, 0.6) is 0 Å². The Balaban J connectivity index is 2.51. The topological polar surface area (TPSA) is 110 Å². The minimum atomic E-state index is -0.814. The molecule has 0 radical (unpaired) electrons. The molecule has 1 rings (SSSR count). The summed E-state index contributed by atoms with van der Waals surface area (Å²) in [5, 5.41) is 26.4. The van der Waals surface area contributed by atoms with Gasteiger partial charge in [0.05, 0.1) is 4.92 Å². The second-order valence-corrected chi connectivity index (χ2v) is 5.53. The van der Waals surface area contributed by atoms with Crippen molar-refractivity contribution in [3.8, 4) is 0 Å². The highest BCUT2D eigenvalue weighted by molar-refractivity contribution is 5.66. The van der Waals surface area contributed by atoms with Crippen LogP contribution in [0.3, 0.4) is 0 Å². The third-order valence-corrected chi connectivity index (χ3v) is 3.12. The largest absolute Gasteiger partial charge is 0.481 e. The lowest BCUT2D eigenvalue weighted by atomic mass is 9.84. The van der Waals surface area contributed by atoms with E-state index in [1.165, 1.54) is 10.9 Å². The smallest absolute Gasteiger partial charge is 0.330 e. The Kier molecular flexibility index (Phi) is 5.06. The van der Waals surface area contributed by atoms with Gasteiger partial charge < -0.3 is 10.4 Å². The van der Waals surface area contributed by atoms with Crippen molar-refractivity contribution in [3.63, 3.8) is 0 Å². The first-order valence-electron chi connectivity index (χ1n) is 6.35. The van der Waals surface area contributed by atoms with E-state index in [1.54, 1.807) is 7.05 Å². The van der Waals surface area contributed by atoms with Crippen molar-refractivity contribution in [2.45, 2.75) is 33.1 Å². The Morgan fingerprint density at radius 3 is 2.75 bits per heavy atom. The van der Waals surface area contributed by atoms with E-state index in [0.717, 1.165) is 0 Å². The second-order valence-electron chi connectivity index (χ2n) is 5.53. The maximum absolute atomic E-state index is 10.8. The number of aromatic nitrogens is 2. The standard InChI is InChI=1S/C12H20N4O4/c1-12(2,5-4-10(17)18)6-7-13-11-9(16(19)20)8-15(3)14-11/h8H,4-7H2,1-3H3,(H,13,14)(H,17,18). The molecule has 0 saturated carbocycles. The number of aliphatic carboxylic acids is 1. The molecular weight excluding hydrogens is 264 g/mol. The first-order chi connectivity index (χ1) is 9.21. The van der Waals surface area contributed by atoms with Crippen LogP contribution in [0.15, 0.2) is 6.20 Å². The summed E-state index contributed by atoms with van der Waals surface area (Å²) in [7, 11) is 1.62. The van der Waals surface area contributed by atoms with Gasteiger partial charge in [0.2, 0.25) is 5.82 Å². The molecule has 0 aromatic carbocycles. The SMILES string of the molecule is Cn1cc([N+](=O)[O-])c(NCCC(C)(C)CCC(=O)O)n1. The predicted molar refractivity (Wildman–Crippen MR) is 73.6 cm³/mol. The molecule has 0 aliphatic rings. The van der Waals surface area contributed by atoms with Gasteiger partial charge in [-0.15, -0.1) is 5.10 Å².